The number of nitrogens with one attached hydrogen (secondary N) is 2. The summed E-state index contributed by atoms with van der Waals surface area (Å²) in [4.78, 5) is 23.7. The Hall–Kier alpha value is -2.05. The van der Waals surface area contributed by atoms with Crippen molar-refractivity contribution >= 4 is 12.0 Å². The Bertz CT molecular complexity index is 745. The number of urea groups is 1. The summed E-state index contributed by atoms with van der Waals surface area (Å²) in [6.45, 7) is 0. The van der Waals surface area contributed by atoms with E-state index in [-0.39, 0.29) is 17.6 Å². The van der Waals surface area contributed by atoms with Crippen molar-refractivity contribution in [3.63, 3.8) is 0 Å². The van der Waals surface area contributed by atoms with Crippen LogP contribution in [0.4, 0.5) is 4.79 Å². The maximum atomic E-state index is 12.5. The molecule has 1 heterocycles. The molecular weight excluding hydrogens is 332 g/mol. The van der Waals surface area contributed by atoms with E-state index in [1.807, 2.05) is 0 Å². The van der Waals surface area contributed by atoms with E-state index in [1.54, 1.807) is 0 Å². The number of hydrogen-bond donors (Lipinski definition) is 3. The van der Waals surface area contributed by atoms with Gasteiger partial charge in [0.15, 0.2) is 0 Å². The van der Waals surface area contributed by atoms with Crippen molar-refractivity contribution in [3.05, 3.63) is 17.5 Å². The lowest BCUT2D eigenvalue weighted by Crippen LogP contribution is -2.77. The molecule has 0 aromatic carbocycles. The number of rotatable bonds is 4. The number of hydrogen-bond acceptors (Lipinski definition) is 3. The minimum Gasteiger partial charge on any atom is -0.481 e. The molecule has 1 atom stereocenters. The Labute approximate surface area is 152 Å². The van der Waals surface area contributed by atoms with Crippen LogP contribution in [-0.4, -0.2) is 32.4 Å². The molecule has 0 saturated heterocycles. The first-order valence-electron chi connectivity index (χ1n) is 9.89. The van der Waals surface area contributed by atoms with Crippen molar-refractivity contribution in [2.24, 2.45) is 5.41 Å². The monoisotopic (exact) mass is 358 g/mol. The van der Waals surface area contributed by atoms with Gasteiger partial charge in [0.05, 0.1) is 23.2 Å². The van der Waals surface area contributed by atoms with E-state index in [0.29, 0.717) is 25.3 Å². The fourth-order valence-electron chi connectivity index (χ4n) is 5.64. The Morgan fingerprint density at radius 3 is 2.58 bits per heavy atom. The number of carbonyl (C=O) groups is 2. The molecule has 0 aliphatic heterocycles. The molecule has 4 fully saturated rings. The second kappa shape index (κ2) is 5.47. The lowest BCUT2D eigenvalue weighted by molar-refractivity contribution is -0.196. The van der Waals surface area contributed by atoms with Crippen LogP contribution >= 0.6 is 0 Å². The van der Waals surface area contributed by atoms with Gasteiger partial charge in [0.1, 0.15) is 0 Å². The van der Waals surface area contributed by atoms with Crippen LogP contribution < -0.4 is 10.6 Å². The predicted molar refractivity (Wildman–Crippen MR) is 93.7 cm³/mol. The molecule has 7 nitrogen and oxygen atoms in total. The van der Waals surface area contributed by atoms with Crippen molar-refractivity contribution in [1.82, 2.24) is 20.4 Å². The summed E-state index contributed by atoms with van der Waals surface area (Å²) in [5.41, 5.74) is 1.44. The maximum absolute atomic E-state index is 12.5. The standard InChI is InChI=1S/C19H26N4O3/c24-16(25)18-9-19(10-18,11-18)21-17(26)20-14-7-3-4-12-8-23(22-15(12)14)13-5-1-2-6-13/h8,13-14H,1-7,9-11H2,(H,24,25)(H2,20,21,26). The highest BCUT2D eigenvalue weighted by atomic mass is 16.4. The summed E-state index contributed by atoms with van der Waals surface area (Å²) in [6, 6.07) is 0.294. The van der Waals surface area contributed by atoms with Crippen molar-refractivity contribution < 1.29 is 14.7 Å². The normalized spacial score (nSPS) is 35.2. The second-order valence-electron chi connectivity index (χ2n) is 8.90. The van der Waals surface area contributed by atoms with Crippen molar-refractivity contribution in [2.45, 2.75) is 81.8 Å². The molecule has 3 N–H and O–H groups in total. The lowest BCUT2D eigenvalue weighted by atomic mass is 9.39. The van der Waals surface area contributed by atoms with E-state index in [0.717, 1.165) is 25.0 Å². The second-order valence-corrected chi connectivity index (χ2v) is 8.90. The number of carboxylic acids is 1. The molecule has 1 unspecified atom stereocenters. The van der Waals surface area contributed by atoms with E-state index in [2.05, 4.69) is 21.5 Å². The van der Waals surface area contributed by atoms with Crippen LogP contribution in [-0.2, 0) is 11.2 Å². The maximum Gasteiger partial charge on any atom is 0.315 e. The third-order valence-corrected chi connectivity index (χ3v) is 6.98. The summed E-state index contributed by atoms with van der Waals surface area (Å²) in [5, 5.41) is 20.2. The van der Waals surface area contributed by atoms with E-state index in [9.17, 15) is 14.7 Å². The number of fused-ring (bicyclic) bond motifs is 1. The van der Waals surface area contributed by atoms with Gasteiger partial charge in [-0.15, -0.1) is 0 Å². The third-order valence-electron chi connectivity index (χ3n) is 6.98. The summed E-state index contributed by atoms with van der Waals surface area (Å²) in [5.74, 6) is -0.726. The molecule has 2 bridgehead atoms. The average Bonchev–Trinajstić information content (AvgIpc) is 3.17. The fourth-order valence-corrected chi connectivity index (χ4v) is 5.64. The van der Waals surface area contributed by atoms with Gasteiger partial charge in [-0.2, -0.15) is 5.10 Å². The molecule has 2 amide bonds. The molecule has 26 heavy (non-hydrogen) atoms. The first-order chi connectivity index (χ1) is 12.5. The van der Waals surface area contributed by atoms with Crippen LogP contribution in [0, 0.1) is 5.41 Å². The highest BCUT2D eigenvalue weighted by molar-refractivity contribution is 5.83. The van der Waals surface area contributed by atoms with Gasteiger partial charge in [0.25, 0.3) is 0 Å². The number of nitrogens with zero attached hydrogens (tertiary/aromatic N) is 2. The van der Waals surface area contributed by atoms with Crippen LogP contribution in [0.1, 0.15) is 81.1 Å². The smallest absolute Gasteiger partial charge is 0.315 e. The van der Waals surface area contributed by atoms with E-state index >= 15 is 0 Å². The highest BCUT2D eigenvalue weighted by Crippen LogP contribution is 2.67. The summed E-state index contributed by atoms with van der Waals surface area (Å²) in [6.07, 6.45) is 11.8. The predicted octanol–water partition coefficient (Wildman–Crippen LogP) is 2.68. The Morgan fingerprint density at radius 2 is 1.88 bits per heavy atom. The first kappa shape index (κ1) is 16.1. The van der Waals surface area contributed by atoms with Crippen LogP contribution in [0.2, 0.25) is 0 Å². The van der Waals surface area contributed by atoms with E-state index < -0.39 is 11.4 Å². The minimum atomic E-state index is -0.726. The molecule has 1 aromatic heterocycles. The molecule has 5 aliphatic carbocycles. The van der Waals surface area contributed by atoms with Crippen LogP contribution in [0.15, 0.2) is 6.20 Å². The largest absolute Gasteiger partial charge is 0.481 e. The van der Waals surface area contributed by atoms with Gasteiger partial charge in [-0.1, -0.05) is 12.8 Å². The third kappa shape index (κ3) is 2.36. The highest BCUT2D eigenvalue weighted by Gasteiger charge is 2.72. The molecule has 6 rings (SSSR count). The van der Waals surface area contributed by atoms with Gasteiger partial charge in [-0.25, -0.2) is 4.79 Å². The molecule has 1 aromatic rings. The zero-order chi connectivity index (χ0) is 17.9. The molecule has 0 radical (unpaired) electrons. The molecule has 5 aliphatic rings. The van der Waals surface area contributed by atoms with Gasteiger partial charge in [-0.3, -0.25) is 9.48 Å². The summed E-state index contributed by atoms with van der Waals surface area (Å²) < 4.78 is 2.13. The van der Waals surface area contributed by atoms with Crippen molar-refractivity contribution in [3.8, 4) is 0 Å². The SMILES string of the molecule is O=C(NC1CCCc2cn(C3CCCC3)nc21)NC12CC(C(=O)O)(C1)C2. The Kier molecular flexibility index (Phi) is 3.40. The van der Waals surface area contributed by atoms with Gasteiger partial charge in [-0.05, 0) is 56.9 Å². The van der Waals surface area contributed by atoms with Crippen LogP contribution in [0.3, 0.4) is 0 Å². The topological polar surface area (TPSA) is 96.3 Å². The summed E-state index contributed by atoms with van der Waals surface area (Å²) >= 11 is 0. The van der Waals surface area contributed by atoms with Crippen LogP contribution in [0.5, 0.6) is 0 Å². The number of carbonyl (C=O) groups excluding carboxylic acids is 1. The van der Waals surface area contributed by atoms with Crippen molar-refractivity contribution in [2.75, 3.05) is 0 Å². The first-order valence-corrected chi connectivity index (χ1v) is 9.89. The number of aromatic nitrogens is 2. The quantitative estimate of drug-likeness (QED) is 0.771. The molecule has 0 spiro atoms. The number of aryl methyl sites for hydroxylation is 1. The zero-order valence-electron chi connectivity index (χ0n) is 15.0. The lowest BCUT2D eigenvalue weighted by Gasteiger charge is -2.67. The fraction of sp³-hybridized carbons (Fsp3) is 0.737. The molecule has 140 valence electrons. The Morgan fingerprint density at radius 1 is 1.15 bits per heavy atom. The van der Waals surface area contributed by atoms with Gasteiger partial charge in [0.2, 0.25) is 0 Å². The molecule has 4 saturated carbocycles. The average molecular weight is 358 g/mol. The zero-order valence-corrected chi connectivity index (χ0v) is 15.0. The van der Waals surface area contributed by atoms with Crippen molar-refractivity contribution in [1.29, 1.82) is 0 Å². The van der Waals surface area contributed by atoms with Crippen LogP contribution in [0.25, 0.3) is 0 Å². The minimum absolute atomic E-state index is 0.0396. The van der Waals surface area contributed by atoms with Gasteiger partial charge in [0, 0.05) is 11.7 Å². The Balaban J connectivity index is 1.23. The van der Waals surface area contributed by atoms with E-state index in [1.165, 1.54) is 31.2 Å². The number of amides is 2. The van der Waals surface area contributed by atoms with Gasteiger partial charge < -0.3 is 15.7 Å². The van der Waals surface area contributed by atoms with Gasteiger partial charge >= 0.3 is 12.0 Å². The molecule has 7 heteroatoms. The number of carboxylic acid groups (broad SMARTS) is 1. The van der Waals surface area contributed by atoms with E-state index in [4.69, 9.17) is 5.10 Å². The molecular formula is C19H26N4O3. The number of aliphatic carboxylic acids is 1. The summed E-state index contributed by atoms with van der Waals surface area (Å²) in [7, 11) is 0.